The van der Waals surface area contributed by atoms with Gasteiger partial charge in [0, 0.05) is 7.11 Å². The fraction of sp³-hybridized carbons (Fsp3) is 0.105. The van der Waals surface area contributed by atoms with Gasteiger partial charge in [-0.05, 0) is 61.5 Å². The molecule has 118 valence electrons. The van der Waals surface area contributed by atoms with Crippen molar-refractivity contribution in [2.45, 2.75) is 13.8 Å². The third-order valence-electron chi connectivity index (χ3n) is 3.37. The van der Waals surface area contributed by atoms with Gasteiger partial charge in [-0.15, -0.1) is 0 Å². The Bertz CT molecular complexity index is 797. The van der Waals surface area contributed by atoms with Crippen LogP contribution in [-0.2, 0) is 4.79 Å². The molecule has 0 fully saturated rings. The summed E-state index contributed by atoms with van der Waals surface area (Å²) in [6, 6.07) is 13.7. The first-order chi connectivity index (χ1) is 11.0. The van der Waals surface area contributed by atoms with Crippen LogP contribution in [0, 0.1) is 6.92 Å². The Kier molecular flexibility index (Phi) is 5.20. The first-order valence-electron chi connectivity index (χ1n) is 7.20. The lowest BCUT2D eigenvalue weighted by molar-refractivity contribution is -0.111. The molecule has 0 saturated carbocycles. The molecule has 2 aromatic rings. The van der Waals surface area contributed by atoms with E-state index in [0.29, 0.717) is 5.84 Å². The number of carbonyl (C=O) groups excluding carboxylic acids is 1. The van der Waals surface area contributed by atoms with Crippen LogP contribution in [-0.4, -0.2) is 18.5 Å². The van der Waals surface area contributed by atoms with Crippen LogP contribution in [0.5, 0.6) is 0 Å². The maximum atomic E-state index is 11.4. The lowest BCUT2D eigenvalue weighted by atomic mass is 10.0. The van der Waals surface area contributed by atoms with Gasteiger partial charge in [0.15, 0.2) is 0 Å². The average molecular weight is 307 g/mol. The van der Waals surface area contributed by atoms with Crippen molar-refractivity contribution in [1.29, 1.82) is 0 Å². The second kappa shape index (κ2) is 7.31. The molecule has 0 aliphatic rings. The van der Waals surface area contributed by atoms with Crippen molar-refractivity contribution in [3.8, 4) is 11.1 Å². The first-order valence-corrected chi connectivity index (χ1v) is 7.20. The van der Waals surface area contributed by atoms with E-state index < -0.39 is 0 Å². The Morgan fingerprint density at radius 1 is 1.22 bits per heavy atom. The fourth-order valence-electron chi connectivity index (χ4n) is 2.09. The lowest BCUT2D eigenvalue weighted by Crippen LogP contribution is -2.06. The maximum Gasteiger partial charge on any atom is 0.247 e. The van der Waals surface area contributed by atoms with Gasteiger partial charge in [-0.25, -0.2) is 9.98 Å². The average Bonchev–Trinajstić information content (AvgIpc) is 2.56. The Labute approximate surface area is 137 Å². The quantitative estimate of drug-likeness (QED) is 0.493. The zero-order valence-electron chi connectivity index (χ0n) is 13.3. The van der Waals surface area contributed by atoms with E-state index in [1.165, 1.54) is 6.08 Å². The van der Waals surface area contributed by atoms with Crippen molar-refractivity contribution in [3.05, 3.63) is 60.7 Å². The molecule has 0 radical (unpaired) electrons. The molecule has 0 unspecified atom stereocenters. The molecule has 1 amide bonds. The van der Waals surface area contributed by atoms with E-state index in [-0.39, 0.29) is 7.33 Å². The summed E-state index contributed by atoms with van der Waals surface area (Å²) < 4.78 is 0. The summed E-state index contributed by atoms with van der Waals surface area (Å²) >= 11 is 0. The van der Waals surface area contributed by atoms with Crippen LogP contribution in [0.2, 0.25) is 0 Å². The summed E-state index contributed by atoms with van der Waals surface area (Å²) in [6.07, 6.45) is 1.25. The molecule has 0 aromatic heterocycles. The second-order valence-corrected chi connectivity index (χ2v) is 5.09. The minimum atomic E-state index is -0.232. The number of hydrogen-bond acceptors (Lipinski definition) is 2. The van der Waals surface area contributed by atoms with E-state index in [4.69, 9.17) is 0 Å². The van der Waals surface area contributed by atoms with Crippen molar-refractivity contribution in [1.82, 2.24) is 0 Å². The molecule has 2 aromatic carbocycles. The van der Waals surface area contributed by atoms with Crippen LogP contribution in [0.4, 0.5) is 11.4 Å². The Morgan fingerprint density at radius 3 is 2.65 bits per heavy atom. The molecular formula is C19H21N3O. The van der Waals surface area contributed by atoms with Crippen molar-refractivity contribution >= 4 is 29.8 Å². The van der Waals surface area contributed by atoms with Crippen LogP contribution in [0.25, 0.3) is 11.1 Å². The van der Waals surface area contributed by atoms with Crippen LogP contribution < -0.4 is 5.32 Å². The highest BCUT2D eigenvalue weighted by atomic mass is 16.1. The number of carbonyl (C=O) groups is 1. The van der Waals surface area contributed by atoms with Crippen LogP contribution in [0.1, 0.15) is 13.9 Å². The first kappa shape index (κ1) is 16.4. The van der Waals surface area contributed by atoms with Crippen molar-refractivity contribution < 1.29 is 6.22 Å². The second-order valence-electron chi connectivity index (χ2n) is 5.09. The number of benzene rings is 2. The topological polar surface area (TPSA) is 53.8 Å². The number of amidine groups is 1. The molecule has 4 heteroatoms. The van der Waals surface area contributed by atoms with E-state index in [9.17, 15) is 4.79 Å². The molecule has 1 N–H and O–H groups in total. The normalized spacial score (nSPS) is 11.0. The summed E-state index contributed by atoms with van der Waals surface area (Å²) in [5, 5.41) is 2.76. The van der Waals surface area contributed by atoms with Gasteiger partial charge in [0.05, 0.1) is 5.69 Å². The summed E-state index contributed by atoms with van der Waals surface area (Å²) in [4.78, 5) is 19.7. The van der Waals surface area contributed by atoms with E-state index in [1.807, 2.05) is 56.3 Å². The number of aryl methyl sites for hydroxylation is 1. The summed E-state index contributed by atoms with van der Waals surface area (Å²) in [5.74, 6) is 0.390. The fourth-order valence-corrected chi connectivity index (χ4v) is 2.09. The number of aliphatic imine (C=N–C) groups is 2. The van der Waals surface area contributed by atoms with Crippen molar-refractivity contribution in [2.24, 2.45) is 9.98 Å². The van der Waals surface area contributed by atoms with Gasteiger partial charge in [-0.1, -0.05) is 30.8 Å². The SMILES string of the molecule is C=CC(=O)Nc1cccc(-c2ccc(C)c(N=C(C)N=C)c2)c1.[HH]. The van der Waals surface area contributed by atoms with Gasteiger partial charge in [-0.3, -0.25) is 4.79 Å². The minimum absolute atomic E-state index is 0. The number of amides is 1. The molecule has 0 aliphatic carbocycles. The predicted octanol–water partition coefficient (Wildman–Crippen LogP) is 4.78. The maximum absolute atomic E-state index is 11.4. The Balaban J connectivity index is 0.00000288. The molecular weight excluding hydrogens is 286 g/mol. The Morgan fingerprint density at radius 2 is 1.96 bits per heavy atom. The number of rotatable bonds is 4. The predicted molar refractivity (Wildman–Crippen MR) is 99.9 cm³/mol. The molecule has 0 saturated heterocycles. The van der Waals surface area contributed by atoms with Crippen molar-refractivity contribution in [2.75, 3.05) is 5.32 Å². The number of nitrogens with zero attached hydrogens (tertiary/aromatic N) is 2. The summed E-state index contributed by atoms with van der Waals surface area (Å²) in [6.45, 7) is 10.7. The van der Waals surface area contributed by atoms with Gasteiger partial charge in [0.1, 0.15) is 5.84 Å². The largest absolute Gasteiger partial charge is 0.323 e. The minimum Gasteiger partial charge on any atom is -0.323 e. The molecule has 0 atom stereocenters. The molecule has 2 rings (SSSR count). The Hall–Kier alpha value is -3.01. The van der Waals surface area contributed by atoms with E-state index in [0.717, 1.165) is 28.1 Å². The number of anilines is 1. The zero-order chi connectivity index (χ0) is 16.8. The number of nitrogens with one attached hydrogen (secondary N) is 1. The smallest absolute Gasteiger partial charge is 0.247 e. The molecule has 0 heterocycles. The van der Waals surface area contributed by atoms with Gasteiger partial charge >= 0.3 is 0 Å². The monoisotopic (exact) mass is 307 g/mol. The molecule has 4 nitrogen and oxygen atoms in total. The van der Waals surface area contributed by atoms with Gasteiger partial charge < -0.3 is 5.32 Å². The van der Waals surface area contributed by atoms with Gasteiger partial charge in [0.25, 0.3) is 0 Å². The standard InChI is InChI=1S/C19H19N3O.H2/c1-5-19(23)22-17-8-6-7-15(11-17)16-10-9-13(2)18(12-16)21-14(3)20-4;/h5-12H,1,4H2,2-3H3,(H,22,23);1H. The number of hydrogen-bond donors (Lipinski definition) is 1. The van der Waals surface area contributed by atoms with Gasteiger partial charge in [-0.2, -0.15) is 0 Å². The highest BCUT2D eigenvalue weighted by molar-refractivity contribution is 5.99. The van der Waals surface area contributed by atoms with Crippen LogP contribution in [0.15, 0.2) is 65.1 Å². The summed E-state index contributed by atoms with van der Waals surface area (Å²) in [5.41, 5.74) is 4.65. The third kappa shape index (κ3) is 4.23. The third-order valence-corrected chi connectivity index (χ3v) is 3.37. The summed E-state index contributed by atoms with van der Waals surface area (Å²) in [7, 11) is 0. The van der Waals surface area contributed by atoms with Crippen LogP contribution in [0.3, 0.4) is 0 Å². The lowest BCUT2D eigenvalue weighted by Gasteiger charge is -2.08. The zero-order valence-corrected chi connectivity index (χ0v) is 13.3. The van der Waals surface area contributed by atoms with E-state index in [2.05, 4.69) is 28.6 Å². The van der Waals surface area contributed by atoms with Crippen molar-refractivity contribution in [3.63, 3.8) is 0 Å². The van der Waals surface area contributed by atoms with Crippen LogP contribution >= 0.6 is 0 Å². The molecule has 0 aliphatic heterocycles. The highest BCUT2D eigenvalue weighted by Gasteiger charge is 2.04. The molecule has 0 bridgehead atoms. The highest BCUT2D eigenvalue weighted by Crippen LogP contribution is 2.29. The van der Waals surface area contributed by atoms with E-state index >= 15 is 0 Å². The van der Waals surface area contributed by atoms with Gasteiger partial charge in [0.2, 0.25) is 5.91 Å². The molecule has 0 spiro atoms. The van der Waals surface area contributed by atoms with E-state index in [1.54, 1.807) is 0 Å². The molecule has 23 heavy (non-hydrogen) atoms.